The normalized spacial score (nSPS) is 20.2. The van der Waals surface area contributed by atoms with Gasteiger partial charge in [-0.05, 0) is 91.7 Å². The Labute approximate surface area is 237 Å². The van der Waals surface area contributed by atoms with E-state index in [1.54, 1.807) is 4.90 Å². The molecule has 3 aromatic rings. The predicted octanol–water partition coefficient (Wildman–Crippen LogP) is 7.12. The van der Waals surface area contributed by atoms with Crippen molar-refractivity contribution in [2.75, 3.05) is 25.1 Å². The number of hydrogen-bond donors (Lipinski definition) is 1. The van der Waals surface area contributed by atoms with Crippen molar-refractivity contribution in [1.82, 2.24) is 5.32 Å². The lowest BCUT2D eigenvalue weighted by Crippen LogP contribution is -2.47. The molecule has 1 fully saturated rings. The number of carbonyl (C=O) groups is 2. The van der Waals surface area contributed by atoms with Crippen LogP contribution in [0.15, 0.2) is 72.8 Å². The van der Waals surface area contributed by atoms with E-state index in [4.69, 9.17) is 9.47 Å². The molecular formula is C34H40N2O4. The summed E-state index contributed by atoms with van der Waals surface area (Å²) in [6.45, 7) is 3.15. The van der Waals surface area contributed by atoms with Gasteiger partial charge in [0.25, 0.3) is 0 Å². The Morgan fingerprint density at radius 2 is 1.68 bits per heavy atom. The summed E-state index contributed by atoms with van der Waals surface area (Å²) in [5.74, 6) is 1.62. The van der Waals surface area contributed by atoms with Gasteiger partial charge in [0.15, 0.2) is 0 Å². The number of hydrogen-bond acceptors (Lipinski definition) is 4. The van der Waals surface area contributed by atoms with Crippen LogP contribution in [-0.4, -0.2) is 38.3 Å². The predicted molar refractivity (Wildman–Crippen MR) is 159 cm³/mol. The van der Waals surface area contributed by atoms with E-state index in [9.17, 15) is 9.59 Å². The molecule has 0 bridgehead atoms. The van der Waals surface area contributed by atoms with Gasteiger partial charge < -0.3 is 14.8 Å². The molecule has 0 spiro atoms. The Hall–Kier alpha value is -3.80. The van der Waals surface area contributed by atoms with Crippen LogP contribution < -0.4 is 15.0 Å². The summed E-state index contributed by atoms with van der Waals surface area (Å²) in [4.78, 5) is 26.5. The number of nitrogens with zero attached hydrogens (tertiary/aromatic N) is 1. The molecule has 40 heavy (non-hydrogen) atoms. The monoisotopic (exact) mass is 540 g/mol. The zero-order valence-corrected chi connectivity index (χ0v) is 23.6. The summed E-state index contributed by atoms with van der Waals surface area (Å²) >= 11 is 0. The fourth-order valence-corrected chi connectivity index (χ4v) is 6.01. The Balaban J connectivity index is 1.19. The molecule has 1 heterocycles. The number of amides is 2. The average Bonchev–Trinajstić information content (AvgIpc) is 2.99. The number of urea groups is 1. The van der Waals surface area contributed by atoms with E-state index in [-0.39, 0.29) is 18.1 Å². The molecule has 2 aliphatic rings. The largest absolute Gasteiger partial charge is 0.487 e. The summed E-state index contributed by atoms with van der Waals surface area (Å²) in [6, 6.07) is 25.2. The molecule has 6 heteroatoms. The third-order valence-electron chi connectivity index (χ3n) is 8.27. The second-order valence-electron chi connectivity index (χ2n) is 11.2. The second-order valence-corrected chi connectivity index (χ2v) is 11.2. The van der Waals surface area contributed by atoms with Gasteiger partial charge in [-0.2, -0.15) is 0 Å². The first-order valence-electron chi connectivity index (χ1n) is 14.6. The number of ether oxygens (including phenoxy) is 2. The topological polar surface area (TPSA) is 67.9 Å². The Bertz CT molecular complexity index is 1280. The van der Waals surface area contributed by atoms with Gasteiger partial charge in [-0.1, -0.05) is 60.7 Å². The molecule has 2 amide bonds. The lowest BCUT2D eigenvalue weighted by atomic mass is 9.77. The fourth-order valence-electron chi connectivity index (χ4n) is 6.01. The summed E-state index contributed by atoms with van der Waals surface area (Å²) in [7, 11) is 1.47. The highest BCUT2D eigenvalue weighted by Gasteiger charge is 2.28. The van der Waals surface area contributed by atoms with Crippen molar-refractivity contribution >= 4 is 17.7 Å². The molecule has 6 nitrogen and oxygen atoms in total. The highest BCUT2D eigenvalue weighted by atomic mass is 16.5. The van der Waals surface area contributed by atoms with E-state index in [0.29, 0.717) is 31.3 Å². The van der Waals surface area contributed by atoms with Gasteiger partial charge in [0, 0.05) is 13.0 Å². The van der Waals surface area contributed by atoms with E-state index in [0.717, 1.165) is 61.1 Å². The number of carbonyl (C=O) groups excluding carboxylic acids is 2. The lowest BCUT2D eigenvalue weighted by Gasteiger charge is -2.33. The Morgan fingerprint density at radius 3 is 2.40 bits per heavy atom. The number of rotatable bonds is 8. The fraction of sp³-hybridized carbons (Fsp3) is 0.412. The maximum absolute atomic E-state index is 13.1. The third-order valence-corrected chi connectivity index (χ3v) is 8.27. The van der Waals surface area contributed by atoms with E-state index in [2.05, 4.69) is 47.8 Å². The van der Waals surface area contributed by atoms with E-state index in [1.807, 2.05) is 37.3 Å². The first kappa shape index (κ1) is 27.8. The molecular weight excluding hydrogens is 500 g/mol. The van der Waals surface area contributed by atoms with Crippen LogP contribution in [-0.2, 0) is 16.0 Å². The van der Waals surface area contributed by atoms with Crippen LogP contribution in [0.5, 0.6) is 5.75 Å². The van der Waals surface area contributed by atoms with Crippen LogP contribution in [0.1, 0.15) is 62.5 Å². The third kappa shape index (κ3) is 6.85. The summed E-state index contributed by atoms with van der Waals surface area (Å²) in [5, 5.41) is 3.09. The van der Waals surface area contributed by atoms with Gasteiger partial charge in [-0.15, -0.1) is 0 Å². The van der Waals surface area contributed by atoms with Crippen LogP contribution in [0.2, 0.25) is 0 Å². The summed E-state index contributed by atoms with van der Waals surface area (Å²) in [6.07, 6.45) is 6.63. The maximum atomic E-state index is 13.1. The highest BCUT2D eigenvalue weighted by molar-refractivity contribution is 5.94. The van der Waals surface area contributed by atoms with Crippen LogP contribution in [0.3, 0.4) is 0 Å². The molecule has 0 saturated heterocycles. The van der Waals surface area contributed by atoms with E-state index in [1.165, 1.54) is 18.2 Å². The van der Waals surface area contributed by atoms with Gasteiger partial charge in [-0.25, -0.2) is 4.79 Å². The smallest absolute Gasteiger partial charge is 0.322 e. The molecule has 1 N–H and O–H groups in total. The van der Waals surface area contributed by atoms with Crippen LogP contribution in [0, 0.1) is 5.92 Å². The minimum absolute atomic E-state index is 0.0807. The van der Waals surface area contributed by atoms with Crippen molar-refractivity contribution < 1.29 is 19.1 Å². The summed E-state index contributed by atoms with van der Waals surface area (Å²) in [5.41, 5.74) is 5.65. The number of aryl methyl sites for hydroxylation is 1. The number of benzene rings is 3. The minimum Gasteiger partial charge on any atom is -0.487 e. The first-order chi connectivity index (χ1) is 19.5. The van der Waals surface area contributed by atoms with Crippen molar-refractivity contribution in [1.29, 1.82) is 0 Å². The van der Waals surface area contributed by atoms with E-state index >= 15 is 0 Å². The van der Waals surface area contributed by atoms with Gasteiger partial charge >= 0.3 is 12.0 Å². The lowest BCUT2D eigenvalue weighted by molar-refractivity contribution is -0.142. The minimum atomic E-state index is -0.0983. The Morgan fingerprint density at radius 1 is 0.950 bits per heavy atom. The molecule has 5 rings (SSSR count). The van der Waals surface area contributed by atoms with Gasteiger partial charge in [0.1, 0.15) is 11.9 Å². The van der Waals surface area contributed by atoms with E-state index < -0.39 is 0 Å². The van der Waals surface area contributed by atoms with Crippen molar-refractivity contribution in [3.8, 4) is 16.9 Å². The zero-order valence-electron chi connectivity index (χ0n) is 23.6. The first-order valence-corrected chi connectivity index (χ1v) is 14.6. The molecule has 1 saturated carbocycles. The second kappa shape index (κ2) is 13.0. The molecule has 0 aromatic heterocycles. The molecule has 1 atom stereocenters. The van der Waals surface area contributed by atoms with Gasteiger partial charge in [0.2, 0.25) is 0 Å². The van der Waals surface area contributed by atoms with Crippen molar-refractivity contribution in [2.24, 2.45) is 5.92 Å². The summed E-state index contributed by atoms with van der Waals surface area (Å²) < 4.78 is 11.0. The van der Waals surface area contributed by atoms with Crippen molar-refractivity contribution in [2.45, 2.75) is 63.9 Å². The van der Waals surface area contributed by atoms with Crippen LogP contribution in [0.25, 0.3) is 11.1 Å². The zero-order chi connectivity index (χ0) is 27.9. The van der Waals surface area contributed by atoms with Gasteiger partial charge in [-0.3, -0.25) is 9.69 Å². The molecule has 1 aliphatic carbocycles. The average molecular weight is 541 g/mol. The Kier molecular flexibility index (Phi) is 9.04. The number of nitrogens with one attached hydrogen (secondary N) is 1. The molecule has 1 aliphatic heterocycles. The quantitative estimate of drug-likeness (QED) is 0.244. The number of fused-ring (bicyclic) bond motifs is 1. The maximum Gasteiger partial charge on any atom is 0.322 e. The molecule has 0 radical (unpaired) electrons. The van der Waals surface area contributed by atoms with Crippen molar-refractivity contribution in [3.63, 3.8) is 0 Å². The SMILES string of the molecule is COC(=O)CC1CCC(c2ccc(-c3ccc4c(c3)OC(C)CN4C(=O)NCCCc3ccccc3)cc2)CC1. The molecule has 3 aromatic carbocycles. The number of anilines is 1. The van der Waals surface area contributed by atoms with Crippen LogP contribution >= 0.6 is 0 Å². The standard InChI is InChI=1S/C34H40N2O4/c1-24-23-36(34(38)35-20-6-9-25-7-4-3-5-8-25)31-19-18-30(22-32(31)40-24)29-16-14-28(15-17-29)27-12-10-26(11-13-27)21-33(37)39-2/h3-5,7-8,14-19,22,24,26-27H,6,9-13,20-21,23H2,1-2H3,(H,35,38). The van der Waals surface area contributed by atoms with Crippen LogP contribution in [0.4, 0.5) is 10.5 Å². The van der Waals surface area contributed by atoms with Gasteiger partial charge in [0.05, 0.1) is 19.3 Å². The number of esters is 1. The van der Waals surface area contributed by atoms with Crippen molar-refractivity contribution in [3.05, 3.63) is 83.9 Å². The molecule has 1 unspecified atom stereocenters. The molecule has 210 valence electrons. The number of methoxy groups -OCH3 is 1. The highest BCUT2D eigenvalue weighted by Crippen LogP contribution is 2.40.